The van der Waals surface area contributed by atoms with Crippen molar-refractivity contribution in [3.8, 4) is 11.5 Å². The molecule has 2 atom stereocenters. The Morgan fingerprint density at radius 3 is 2.52 bits per heavy atom. The molecule has 3 rings (SSSR count). The highest BCUT2D eigenvalue weighted by Crippen LogP contribution is 2.42. The second kappa shape index (κ2) is 6.05. The molecule has 2 aromatic carbocycles. The molecule has 0 bridgehead atoms. The van der Waals surface area contributed by atoms with Gasteiger partial charge in [-0.3, -0.25) is 9.59 Å². The Balaban J connectivity index is 2.15. The van der Waals surface area contributed by atoms with E-state index in [2.05, 4.69) is 0 Å². The van der Waals surface area contributed by atoms with Crippen molar-refractivity contribution in [3.05, 3.63) is 59.2 Å². The molecule has 0 fully saturated rings. The van der Waals surface area contributed by atoms with Crippen molar-refractivity contribution < 1.29 is 19.1 Å². The molecule has 1 aliphatic rings. The average Bonchev–Trinajstić information content (AvgIpc) is 2.57. The SMILES string of the molecule is COc1cc(C(=O)Cl)c2c(c1)C(=O)[C@@H](C)[C@H](c1ccccc1)O2. The molecule has 1 aliphatic heterocycles. The van der Waals surface area contributed by atoms with Crippen LogP contribution < -0.4 is 9.47 Å². The summed E-state index contributed by atoms with van der Waals surface area (Å²) in [4.78, 5) is 24.5. The Kier molecular flexibility index (Phi) is 4.09. The molecule has 0 amide bonds. The number of ether oxygens (including phenoxy) is 2. The molecule has 4 nitrogen and oxygen atoms in total. The molecular weight excluding hydrogens is 316 g/mol. The summed E-state index contributed by atoms with van der Waals surface area (Å²) in [6.07, 6.45) is -0.459. The summed E-state index contributed by atoms with van der Waals surface area (Å²) in [6.45, 7) is 1.81. The van der Waals surface area contributed by atoms with Crippen LogP contribution in [0.5, 0.6) is 11.5 Å². The lowest BCUT2D eigenvalue weighted by atomic mass is 9.86. The van der Waals surface area contributed by atoms with Gasteiger partial charge in [0.15, 0.2) is 5.78 Å². The molecule has 2 aromatic rings. The van der Waals surface area contributed by atoms with Gasteiger partial charge in [-0.25, -0.2) is 0 Å². The largest absolute Gasteiger partial charge is 0.497 e. The van der Waals surface area contributed by atoms with Crippen LogP contribution in [0.15, 0.2) is 42.5 Å². The molecule has 0 N–H and O–H groups in total. The van der Waals surface area contributed by atoms with Gasteiger partial charge in [0.25, 0.3) is 5.24 Å². The first kappa shape index (κ1) is 15.6. The maximum Gasteiger partial charge on any atom is 0.256 e. The fraction of sp³-hybridized carbons (Fsp3) is 0.222. The number of hydrogen-bond acceptors (Lipinski definition) is 4. The van der Waals surface area contributed by atoms with Gasteiger partial charge in [-0.05, 0) is 29.3 Å². The third kappa shape index (κ3) is 2.70. The summed E-state index contributed by atoms with van der Waals surface area (Å²) >= 11 is 5.66. The van der Waals surface area contributed by atoms with Gasteiger partial charge in [-0.2, -0.15) is 0 Å². The quantitative estimate of drug-likeness (QED) is 0.797. The third-order valence-electron chi connectivity index (χ3n) is 4.02. The lowest BCUT2D eigenvalue weighted by molar-refractivity contribution is 0.0686. The first-order chi connectivity index (χ1) is 11.0. The minimum Gasteiger partial charge on any atom is -0.497 e. The maximum absolute atomic E-state index is 12.8. The van der Waals surface area contributed by atoms with Gasteiger partial charge in [0.2, 0.25) is 0 Å². The van der Waals surface area contributed by atoms with E-state index in [-0.39, 0.29) is 23.0 Å². The summed E-state index contributed by atoms with van der Waals surface area (Å²) in [5.41, 5.74) is 1.35. The van der Waals surface area contributed by atoms with Gasteiger partial charge in [0.05, 0.1) is 24.2 Å². The molecule has 0 unspecified atom stereocenters. The highest BCUT2D eigenvalue weighted by atomic mass is 35.5. The molecule has 5 heteroatoms. The monoisotopic (exact) mass is 330 g/mol. The fourth-order valence-corrected chi connectivity index (χ4v) is 2.93. The number of carbonyl (C=O) groups excluding carboxylic acids is 2. The Hall–Kier alpha value is -2.33. The van der Waals surface area contributed by atoms with Gasteiger partial charge >= 0.3 is 0 Å². The van der Waals surface area contributed by atoms with Gasteiger partial charge < -0.3 is 9.47 Å². The van der Waals surface area contributed by atoms with E-state index in [4.69, 9.17) is 21.1 Å². The first-order valence-electron chi connectivity index (χ1n) is 7.20. The Morgan fingerprint density at radius 2 is 1.91 bits per heavy atom. The number of rotatable bonds is 3. The van der Waals surface area contributed by atoms with Crippen LogP contribution in [0.25, 0.3) is 0 Å². The van der Waals surface area contributed by atoms with E-state index in [1.165, 1.54) is 13.2 Å². The number of hydrogen-bond donors (Lipinski definition) is 0. The first-order valence-corrected chi connectivity index (χ1v) is 7.58. The topological polar surface area (TPSA) is 52.6 Å². The zero-order chi connectivity index (χ0) is 16.6. The molecule has 23 heavy (non-hydrogen) atoms. The molecular formula is C18H15ClO4. The molecule has 0 spiro atoms. The van der Waals surface area contributed by atoms with Crippen LogP contribution in [0.1, 0.15) is 39.3 Å². The minimum atomic E-state index is -0.686. The van der Waals surface area contributed by atoms with Crippen LogP contribution in [0, 0.1) is 5.92 Å². The number of carbonyl (C=O) groups is 2. The van der Waals surface area contributed by atoms with E-state index < -0.39 is 11.3 Å². The van der Waals surface area contributed by atoms with Gasteiger partial charge in [-0.15, -0.1) is 0 Å². The highest BCUT2D eigenvalue weighted by Gasteiger charge is 2.37. The van der Waals surface area contributed by atoms with E-state index in [0.29, 0.717) is 11.3 Å². The van der Waals surface area contributed by atoms with Crippen LogP contribution in [0.3, 0.4) is 0 Å². The minimum absolute atomic E-state index is 0.0989. The van der Waals surface area contributed by atoms with E-state index in [1.807, 2.05) is 37.3 Å². The predicted octanol–water partition coefficient (Wildman–Crippen LogP) is 4.03. The van der Waals surface area contributed by atoms with Crippen molar-refractivity contribution in [2.45, 2.75) is 13.0 Å². The molecule has 0 aliphatic carbocycles. The smallest absolute Gasteiger partial charge is 0.256 e. The van der Waals surface area contributed by atoms with Gasteiger partial charge in [0.1, 0.15) is 17.6 Å². The summed E-state index contributed by atoms with van der Waals surface area (Å²) in [7, 11) is 1.47. The molecule has 0 radical (unpaired) electrons. The Bertz CT molecular complexity index is 770. The van der Waals surface area contributed by atoms with Crippen molar-refractivity contribution in [2.75, 3.05) is 7.11 Å². The lowest BCUT2D eigenvalue weighted by Gasteiger charge is -2.32. The number of benzene rings is 2. The van der Waals surface area contributed by atoms with E-state index in [0.717, 1.165) is 5.56 Å². The zero-order valence-electron chi connectivity index (χ0n) is 12.7. The van der Waals surface area contributed by atoms with Crippen LogP contribution >= 0.6 is 11.6 Å². The van der Waals surface area contributed by atoms with Crippen molar-refractivity contribution in [2.24, 2.45) is 5.92 Å². The third-order valence-corrected chi connectivity index (χ3v) is 4.22. The van der Waals surface area contributed by atoms with E-state index >= 15 is 0 Å². The van der Waals surface area contributed by atoms with Crippen LogP contribution in [-0.2, 0) is 0 Å². The predicted molar refractivity (Wildman–Crippen MR) is 86.5 cm³/mol. The number of ketones is 1. The summed E-state index contributed by atoms with van der Waals surface area (Å²) < 4.78 is 11.2. The molecule has 118 valence electrons. The Morgan fingerprint density at radius 1 is 1.22 bits per heavy atom. The molecule has 1 heterocycles. The standard InChI is InChI=1S/C18H15ClO4/c1-10-15(20)13-8-12(22-2)9-14(18(19)21)17(13)23-16(10)11-6-4-3-5-7-11/h3-10,16H,1-2H3/t10-,16-/m1/s1. The second-order valence-corrected chi connectivity index (χ2v) is 5.77. The van der Waals surface area contributed by atoms with E-state index in [1.54, 1.807) is 6.07 Å². The number of halogens is 1. The number of Topliss-reactive ketones (excluding diaryl/α,β-unsaturated/α-hetero) is 1. The van der Waals surface area contributed by atoms with E-state index in [9.17, 15) is 9.59 Å². The summed E-state index contributed by atoms with van der Waals surface area (Å²) in [5.74, 6) is 0.145. The highest BCUT2D eigenvalue weighted by molar-refractivity contribution is 6.68. The van der Waals surface area contributed by atoms with Crippen molar-refractivity contribution in [1.82, 2.24) is 0 Å². The maximum atomic E-state index is 12.8. The zero-order valence-corrected chi connectivity index (χ0v) is 13.5. The van der Waals surface area contributed by atoms with Crippen LogP contribution in [-0.4, -0.2) is 18.1 Å². The molecule has 0 saturated carbocycles. The molecule has 0 saturated heterocycles. The lowest BCUT2D eigenvalue weighted by Crippen LogP contribution is -2.30. The molecule has 0 aromatic heterocycles. The average molecular weight is 331 g/mol. The van der Waals surface area contributed by atoms with Gasteiger partial charge in [0, 0.05) is 0 Å². The van der Waals surface area contributed by atoms with Gasteiger partial charge in [-0.1, -0.05) is 37.3 Å². The normalized spacial score (nSPS) is 19.7. The summed E-state index contributed by atoms with van der Waals surface area (Å²) in [5, 5.41) is -0.686. The van der Waals surface area contributed by atoms with Crippen molar-refractivity contribution in [3.63, 3.8) is 0 Å². The number of fused-ring (bicyclic) bond motifs is 1. The second-order valence-electron chi connectivity index (χ2n) is 5.43. The van der Waals surface area contributed by atoms with Crippen LogP contribution in [0.4, 0.5) is 0 Å². The summed E-state index contributed by atoms with van der Waals surface area (Å²) in [6, 6.07) is 12.5. The fourth-order valence-electron chi connectivity index (χ4n) is 2.79. The van der Waals surface area contributed by atoms with Crippen molar-refractivity contribution in [1.29, 1.82) is 0 Å². The number of methoxy groups -OCH3 is 1. The Labute approximate surface area is 139 Å². The van der Waals surface area contributed by atoms with Crippen molar-refractivity contribution >= 4 is 22.6 Å². The van der Waals surface area contributed by atoms with Crippen LogP contribution in [0.2, 0.25) is 0 Å².